The van der Waals surface area contributed by atoms with Gasteiger partial charge in [-0.2, -0.15) is 0 Å². The maximum absolute atomic E-state index is 12.8. The first kappa shape index (κ1) is 30.3. The molecule has 1 unspecified atom stereocenters. The molecule has 0 aliphatic rings. The van der Waals surface area contributed by atoms with E-state index < -0.39 is 29.9 Å². The molecule has 0 heterocycles. The number of amides is 3. The van der Waals surface area contributed by atoms with Crippen molar-refractivity contribution in [3.8, 4) is 0 Å². The van der Waals surface area contributed by atoms with Gasteiger partial charge in [0.2, 0.25) is 0 Å². The Balaban J connectivity index is 1.69. The van der Waals surface area contributed by atoms with Crippen LogP contribution in [0.25, 0.3) is 0 Å². The Morgan fingerprint density at radius 1 is 0.875 bits per heavy atom. The van der Waals surface area contributed by atoms with Gasteiger partial charge in [-0.15, -0.1) is 0 Å². The molecule has 0 aromatic heterocycles. The standard InChI is InChI=1S/C28H28Cl2N4O6/c1-34(2)18-12-13-22(19(15-18)26(36)39-3)33-28(38)31-17-10-8-16(9-11-17)14-23(27(37)40-4)32-25(35)24-20(29)6-5-7-21(24)30/h5-13,15,23H,14H2,1-4H3,(H,32,35)(H2,31,33,38). The van der Waals surface area contributed by atoms with Crippen LogP contribution in [0, 0.1) is 0 Å². The summed E-state index contributed by atoms with van der Waals surface area (Å²) in [4.78, 5) is 51.9. The van der Waals surface area contributed by atoms with E-state index in [0.717, 1.165) is 5.69 Å². The van der Waals surface area contributed by atoms with Crippen molar-refractivity contribution in [2.75, 3.05) is 43.8 Å². The van der Waals surface area contributed by atoms with Crippen molar-refractivity contribution in [1.29, 1.82) is 0 Å². The minimum absolute atomic E-state index is 0.0528. The van der Waals surface area contributed by atoms with E-state index in [0.29, 0.717) is 11.3 Å². The van der Waals surface area contributed by atoms with Crippen LogP contribution in [0.3, 0.4) is 0 Å². The summed E-state index contributed by atoms with van der Waals surface area (Å²) in [7, 11) is 6.14. The van der Waals surface area contributed by atoms with Crippen molar-refractivity contribution < 1.29 is 28.7 Å². The van der Waals surface area contributed by atoms with Crippen molar-refractivity contribution in [1.82, 2.24) is 5.32 Å². The quantitative estimate of drug-likeness (QED) is 0.301. The molecule has 0 radical (unpaired) electrons. The number of benzene rings is 3. The van der Waals surface area contributed by atoms with Gasteiger partial charge in [-0.3, -0.25) is 4.79 Å². The molecule has 210 valence electrons. The molecule has 0 aliphatic heterocycles. The Kier molecular flexibility index (Phi) is 10.4. The maximum Gasteiger partial charge on any atom is 0.340 e. The van der Waals surface area contributed by atoms with Gasteiger partial charge in [0.15, 0.2) is 0 Å². The molecule has 0 saturated carbocycles. The van der Waals surface area contributed by atoms with Crippen molar-refractivity contribution in [3.05, 3.63) is 87.4 Å². The van der Waals surface area contributed by atoms with Gasteiger partial charge in [0.25, 0.3) is 5.91 Å². The highest BCUT2D eigenvalue weighted by molar-refractivity contribution is 6.39. The van der Waals surface area contributed by atoms with Crippen molar-refractivity contribution in [2.45, 2.75) is 12.5 Å². The summed E-state index contributed by atoms with van der Waals surface area (Å²) < 4.78 is 9.69. The number of urea groups is 1. The summed E-state index contributed by atoms with van der Waals surface area (Å²) in [6, 6.07) is 14.7. The molecule has 0 fully saturated rings. The third kappa shape index (κ3) is 7.64. The maximum atomic E-state index is 12.8. The molecule has 3 aromatic rings. The van der Waals surface area contributed by atoms with Crippen molar-refractivity contribution in [2.24, 2.45) is 0 Å². The van der Waals surface area contributed by atoms with Crippen molar-refractivity contribution >= 4 is 64.1 Å². The van der Waals surface area contributed by atoms with Crippen LogP contribution in [0.4, 0.5) is 21.9 Å². The SMILES string of the molecule is COC(=O)c1cc(N(C)C)ccc1NC(=O)Nc1ccc(CC(NC(=O)c2c(Cl)cccc2Cl)C(=O)OC)cc1. The number of nitrogens with zero attached hydrogens (tertiary/aromatic N) is 1. The fraction of sp³-hybridized carbons (Fsp3) is 0.214. The van der Waals surface area contributed by atoms with E-state index in [-0.39, 0.29) is 33.3 Å². The number of nitrogens with one attached hydrogen (secondary N) is 3. The lowest BCUT2D eigenvalue weighted by Gasteiger charge is -2.18. The molecular weight excluding hydrogens is 559 g/mol. The monoisotopic (exact) mass is 586 g/mol. The third-order valence-corrected chi connectivity index (χ3v) is 6.44. The minimum atomic E-state index is -1.02. The van der Waals surface area contributed by atoms with Gasteiger partial charge in [0.05, 0.1) is 41.1 Å². The number of carbonyl (C=O) groups is 4. The lowest BCUT2D eigenvalue weighted by Crippen LogP contribution is -2.43. The highest BCUT2D eigenvalue weighted by Gasteiger charge is 2.25. The molecule has 3 aromatic carbocycles. The Morgan fingerprint density at radius 2 is 1.52 bits per heavy atom. The molecule has 3 rings (SSSR count). The molecule has 3 amide bonds. The summed E-state index contributed by atoms with van der Waals surface area (Å²) in [5, 5.41) is 8.26. The van der Waals surface area contributed by atoms with E-state index in [1.54, 1.807) is 48.5 Å². The summed E-state index contributed by atoms with van der Waals surface area (Å²) in [6.45, 7) is 0. The summed E-state index contributed by atoms with van der Waals surface area (Å²) in [6.07, 6.45) is 0.105. The number of hydrogen-bond donors (Lipinski definition) is 3. The Labute approximate surface area is 241 Å². The lowest BCUT2D eigenvalue weighted by molar-refractivity contribution is -0.142. The first-order chi connectivity index (χ1) is 19.0. The van der Waals surface area contributed by atoms with Crippen molar-refractivity contribution in [3.63, 3.8) is 0 Å². The van der Waals surface area contributed by atoms with Gasteiger partial charge in [0.1, 0.15) is 6.04 Å². The van der Waals surface area contributed by atoms with Crippen LogP contribution in [0.15, 0.2) is 60.7 Å². The molecule has 3 N–H and O–H groups in total. The number of esters is 2. The number of ether oxygens (including phenoxy) is 2. The largest absolute Gasteiger partial charge is 0.467 e. The Bertz CT molecular complexity index is 1390. The topological polar surface area (TPSA) is 126 Å². The smallest absolute Gasteiger partial charge is 0.340 e. The van der Waals surface area contributed by atoms with Crippen LogP contribution in [0.5, 0.6) is 0 Å². The second-order valence-electron chi connectivity index (χ2n) is 8.74. The Hall–Kier alpha value is -4.28. The van der Waals surface area contributed by atoms with Gasteiger partial charge in [0, 0.05) is 31.9 Å². The second kappa shape index (κ2) is 13.7. The number of methoxy groups -OCH3 is 2. The van der Waals surface area contributed by atoms with Crippen LogP contribution in [0.1, 0.15) is 26.3 Å². The van der Waals surface area contributed by atoms with Gasteiger partial charge in [-0.1, -0.05) is 41.4 Å². The minimum Gasteiger partial charge on any atom is -0.467 e. The number of carbonyl (C=O) groups excluding carboxylic acids is 4. The first-order valence-electron chi connectivity index (χ1n) is 11.9. The zero-order chi connectivity index (χ0) is 29.4. The zero-order valence-electron chi connectivity index (χ0n) is 22.2. The molecule has 0 saturated heterocycles. The van der Waals surface area contributed by atoms with Crippen LogP contribution < -0.4 is 20.9 Å². The lowest BCUT2D eigenvalue weighted by atomic mass is 10.0. The van der Waals surface area contributed by atoms with E-state index in [9.17, 15) is 19.2 Å². The first-order valence-corrected chi connectivity index (χ1v) is 12.7. The molecule has 0 spiro atoms. The molecule has 1 atom stereocenters. The van der Waals surface area contributed by atoms with Gasteiger partial charge in [-0.25, -0.2) is 14.4 Å². The second-order valence-corrected chi connectivity index (χ2v) is 9.56. The molecule has 40 heavy (non-hydrogen) atoms. The van der Waals surface area contributed by atoms with Crippen LogP contribution in [0.2, 0.25) is 10.0 Å². The summed E-state index contributed by atoms with van der Waals surface area (Å²) >= 11 is 12.2. The summed E-state index contributed by atoms with van der Waals surface area (Å²) in [5.74, 6) is -1.86. The van der Waals surface area contributed by atoms with E-state index in [1.165, 1.54) is 26.4 Å². The fourth-order valence-corrected chi connectivity index (χ4v) is 4.29. The molecular formula is C28H28Cl2N4O6. The van der Waals surface area contributed by atoms with Crippen LogP contribution >= 0.6 is 23.2 Å². The average Bonchev–Trinajstić information content (AvgIpc) is 2.92. The molecule has 0 bridgehead atoms. The van der Waals surface area contributed by atoms with E-state index in [1.807, 2.05) is 19.0 Å². The van der Waals surface area contributed by atoms with Crippen LogP contribution in [-0.4, -0.2) is 58.2 Å². The Morgan fingerprint density at radius 3 is 2.10 bits per heavy atom. The molecule has 12 heteroatoms. The molecule has 0 aliphatic carbocycles. The number of rotatable bonds is 9. The zero-order valence-corrected chi connectivity index (χ0v) is 23.7. The predicted molar refractivity (Wildman–Crippen MR) is 155 cm³/mol. The van der Waals surface area contributed by atoms with Gasteiger partial charge >= 0.3 is 18.0 Å². The summed E-state index contributed by atoms with van der Waals surface area (Å²) in [5.41, 5.74) is 2.43. The van der Waals surface area contributed by atoms with E-state index in [2.05, 4.69) is 16.0 Å². The highest BCUT2D eigenvalue weighted by Crippen LogP contribution is 2.25. The molecule has 10 nitrogen and oxygen atoms in total. The van der Waals surface area contributed by atoms with Gasteiger partial charge < -0.3 is 30.3 Å². The number of halogens is 2. The van der Waals surface area contributed by atoms with E-state index in [4.69, 9.17) is 32.7 Å². The van der Waals surface area contributed by atoms with Crippen LogP contribution in [-0.2, 0) is 20.7 Å². The number of hydrogen-bond acceptors (Lipinski definition) is 7. The predicted octanol–water partition coefficient (Wildman–Crippen LogP) is 5.00. The average molecular weight is 587 g/mol. The fourth-order valence-electron chi connectivity index (χ4n) is 3.72. The van der Waals surface area contributed by atoms with E-state index >= 15 is 0 Å². The normalized spacial score (nSPS) is 11.2. The van der Waals surface area contributed by atoms with Gasteiger partial charge in [-0.05, 0) is 48.0 Å². The number of anilines is 3. The highest BCUT2D eigenvalue weighted by atomic mass is 35.5. The third-order valence-electron chi connectivity index (χ3n) is 5.81.